The smallest absolute Gasteiger partial charge is 0.237 e. The third-order valence-corrected chi connectivity index (χ3v) is 8.01. The Morgan fingerprint density at radius 1 is 0.950 bits per heavy atom. The lowest BCUT2D eigenvalue weighted by Crippen LogP contribution is -2.20. The first-order valence-corrected chi connectivity index (χ1v) is 14.4. The van der Waals surface area contributed by atoms with Crippen molar-refractivity contribution in [1.82, 2.24) is 19.9 Å². The van der Waals surface area contributed by atoms with Gasteiger partial charge in [-0.05, 0) is 48.9 Å². The highest BCUT2D eigenvalue weighted by molar-refractivity contribution is 7.91. The van der Waals surface area contributed by atoms with Crippen LogP contribution in [0.5, 0.6) is 0 Å². The molecule has 0 unspecified atom stereocenters. The molecule has 0 amide bonds. The van der Waals surface area contributed by atoms with Crippen molar-refractivity contribution >= 4 is 49.2 Å². The van der Waals surface area contributed by atoms with E-state index in [1.165, 1.54) is 12.4 Å². The highest BCUT2D eigenvalue weighted by Crippen LogP contribution is 2.36. The molecule has 0 radical (unpaired) electrons. The maximum Gasteiger partial charge on any atom is 0.237 e. The van der Waals surface area contributed by atoms with E-state index in [-0.39, 0.29) is 10.9 Å². The van der Waals surface area contributed by atoms with Crippen LogP contribution in [0.2, 0.25) is 5.02 Å². The maximum absolute atomic E-state index is 13.6. The van der Waals surface area contributed by atoms with E-state index in [2.05, 4.69) is 19.7 Å². The molecule has 10 heteroatoms. The zero-order chi connectivity index (χ0) is 27.9. The lowest BCUT2D eigenvalue weighted by Gasteiger charge is -2.13. The summed E-state index contributed by atoms with van der Waals surface area (Å²) >= 11 is 6.60. The van der Waals surface area contributed by atoms with Crippen molar-refractivity contribution < 1.29 is 8.42 Å². The number of pyridine rings is 4. The average molecular weight is 568 g/mol. The number of benzene rings is 2. The van der Waals surface area contributed by atoms with E-state index in [9.17, 15) is 13.2 Å². The van der Waals surface area contributed by atoms with Gasteiger partial charge in [-0.15, -0.1) is 0 Å². The molecule has 0 fully saturated rings. The second kappa shape index (κ2) is 10.2. The van der Waals surface area contributed by atoms with Crippen molar-refractivity contribution in [2.45, 2.75) is 12.7 Å². The maximum atomic E-state index is 13.6. The minimum absolute atomic E-state index is 0.0843. The number of nitrogens with one attached hydrogen (secondary N) is 2. The molecule has 0 aliphatic heterocycles. The van der Waals surface area contributed by atoms with Gasteiger partial charge in [-0.3, -0.25) is 19.5 Å². The number of aryl methyl sites for hydroxylation is 1. The van der Waals surface area contributed by atoms with Crippen molar-refractivity contribution in [1.29, 1.82) is 0 Å². The Labute approximate surface area is 234 Å². The standard InChI is InChI=1S/C30H22ClN5O3S/c1-18-9-10-23(16-33-18)36-40(38,39)17-22-15-34-30-25(29(22)37)14-24(27(35-30)19-6-3-2-4-7-19)21-12-20-8-5-11-32-28(20)26(31)13-21/h2-16,36H,17H2,1H3,(H,34,35,37). The number of aromatic amines is 1. The van der Waals surface area contributed by atoms with Gasteiger partial charge < -0.3 is 4.98 Å². The predicted octanol–water partition coefficient (Wildman–Crippen LogP) is 6.10. The van der Waals surface area contributed by atoms with Crippen LogP contribution in [0.4, 0.5) is 5.69 Å². The fourth-order valence-corrected chi connectivity index (χ4v) is 6.04. The van der Waals surface area contributed by atoms with Crippen LogP contribution in [0.1, 0.15) is 11.3 Å². The topological polar surface area (TPSA) is 118 Å². The molecule has 0 spiro atoms. The summed E-state index contributed by atoms with van der Waals surface area (Å²) in [7, 11) is -3.89. The lowest BCUT2D eigenvalue weighted by atomic mass is 9.96. The van der Waals surface area contributed by atoms with Gasteiger partial charge >= 0.3 is 0 Å². The van der Waals surface area contributed by atoms with E-state index in [1.54, 1.807) is 37.4 Å². The summed E-state index contributed by atoms with van der Waals surface area (Å²) in [6, 6.07) is 22.2. The molecule has 0 saturated carbocycles. The summed E-state index contributed by atoms with van der Waals surface area (Å²) in [6.45, 7) is 1.81. The molecule has 8 nitrogen and oxygen atoms in total. The molecule has 198 valence electrons. The SMILES string of the molecule is Cc1ccc(NS(=O)(=O)Cc2c[nH]c3nc(-c4ccccc4)c(-c4cc(Cl)c5ncccc5c4)cc3c2=O)cn1. The number of H-pyrrole nitrogens is 1. The van der Waals surface area contributed by atoms with Gasteiger partial charge in [0.05, 0.1) is 39.3 Å². The Morgan fingerprint density at radius 2 is 1.77 bits per heavy atom. The van der Waals surface area contributed by atoms with Gasteiger partial charge in [0, 0.05) is 40.2 Å². The molecule has 6 rings (SSSR count). The average Bonchev–Trinajstić information content (AvgIpc) is 2.95. The summed E-state index contributed by atoms with van der Waals surface area (Å²) in [6.07, 6.45) is 4.51. The zero-order valence-electron chi connectivity index (χ0n) is 21.2. The number of fused-ring (bicyclic) bond motifs is 2. The van der Waals surface area contributed by atoms with Gasteiger partial charge in [0.2, 0.25) is 10.0 Å². The largest absolute Gasteiger partial charge is 0.346 e. The Bertz CT molecular complexity index is 2060. The van der Waals surface area contributed by atoms with E-state index in [1.807, 2.05) is 48.5 Å². The molecule has 0 atom stereocenters. The molecule has 0 aliphatic carbocycles. The molecular formula is C30H22ClN5O3S. The summed E-state index contributed by atoms with van der Waals surface area (Å²) in [5.41, 5.74) is 4.69. The molecule has 2 N–H and O–H groups in total. The molecule has 4 heterocycles. The molecule has 0 aliphatic rings. The minimum atomic E-state index is -3.89. The molecule has 40 heavy (non-hydrogen) atoms. The first-order chi connectivity index (χ1) is 19.3. The first kappa shape index (κ1) is 25.7. The van der Waals surface area contributed by atoms with Crippen molar-refractivity contribution in [3.63, 3.8) is 0 Å². The zero-order valence-corrected chi connectivity index (χ0v) is 22.8. The van der Waals surface area contributed by atoms with Crippen molar-refractivity contribution in [2.24, 2.45) is 0 Å². The van der Waals surface area contributed by atoms with E-state index in [0.29, 0.717) is 33.1 Å². The molecule has 4 aromatic heterocycles. The Hall–Kier alpha value is -4.60. The molecular weight excluding hydrogens is 546 g/mol. The van der Waals surface area contributed by atoms with Crippen LogP contribution in [0.25, 0.3) is 44.3 Å². The molecule has 6 aromatic rings. The number of anilines is 1. The van der Waals surface area contributed by atoms with Gasteiger partial charge in [-0.2, -0.15) is 0 Å². The fraction of sp³-hybridized carbons (Fsp3) is 0.0667. The Balaban J connectivity index is 1.49. The predicted molar refractivity (Wildman–Crippen MR) is 159 cm³/mol. The van der Waals surface area contributed by atoms with Crippen LogP contribution in [0.3, 0.4) is 0 Å². The van der Waals surface area contributed by atoms with E-state index in [4.69, 9.17) is 16.6 Å². The monoisotopic (exact) mass is 567 g/mol. The summed E-state index contributed by atoms with van der Waals surface area (Å²) in [5, 5.41) is 1.58. The van der Waals surface area contributed by atoms with Crippen LogP contribution >= 0.6 is 11.6 Å². The normalized spacial score (nSPS) is 11.7. The van der Waals surface area contributed by atoms with E-state index in [0.717, 1.165) is 22.2 Å². The number of hydrogen-bond acceptors (Lipinski definition) is 6. The summed E-state index contributed by atoms with van der Waals surface area (Å²) < 4.78 is 28.3. The van der Waals surface area contributed by atoms with Crippen molar-refractivity contribution in [3.8, 4) is 22.4 Å². The minimum Gasteiger partial charge on any atom is -0.346 e. The third kappa shape index (κ3) is 5.04. The second-order valence-corrected chi connectivity index (χ2v) is 11.5. The van der Waals surface area contributed by atoms with Crippen LogP contribution < -0.4 is 10.2 Å². The van der Waals surface area contributed by atoms with Gasteiger partial charge in [-0.1, -0.05) is 48.0 Å². The molecule has 2 aromatic carbocycles. The highest BCUT2D eigenvalue weighted by atomic mass is 35.5. The summed E-state index contributed by atoms with van der Waals surface area (Å²) in [5.74, 6) is -0.518. The van der Waals surface area contributed by atoms with E-state index >= 15 is 0 Å². The first-order valence-electron chi connectivity index (χ1n) is 12.4. The number of rotatable bonds is 6. The van der Waals surface area contributed by atoms with Gasteiger partial charge in [0.25, 0.3) is 0 Å². The number of aromatic nitrogens is 4. The number of sulfonamides is 1. The van der Waals surface area contributed by atoms with E-state index < -0.39 is 21.2 Å². The second-order valence-electron chi connectivity index (χ2n) is 9.37. The fourth-order valence-electron chi connectivity index (χ4n) is 4.59. The Kier molecular flexibility index (Phi) is 6.53. The van der Waals surface area contributed by atoms with Gasteiger partial charge in [0.15, 0.2) is 5.43 Å². The van der Waals surface area contributed by atoms with Crippen LogP contribution in [0, 0.1) is 6.92 Å². The van der Waals surface area contributed by atoms with Crippen molar-refractivity contribution in [2.75, 3.05) is 4.72 Å². The van der Waals surface area contributed by atoms with Crippen LogP contribution in [-0.2, 0) is 15.8 Å². The van der Waals surface area contributed by atoms with Crippen LogP contribution in [0.15, 0.2) is 96.2 Å². The highest BCUT2D eigenvalue weighted by Gasteiger charge is 2.19. The number of hydrogen-bond donors (Lipinski definition) is 2. The van der Waals surface area contributed by atoms with Crippen molar-refractivity contribution in [3.05, 3.63) is 118 Å². The molecule has 0 bridgehead atoms. The molecule has 0 saturated heterocycles. The van der Waals surface area contributed by atoms with Gasteiger partial charge in [0.1, 0.15) is 5.65 Å². The van der Waals surface area contributed by atoms with Gasteiger partial charge in [-0.25, -0.2) is 13.4 Å². The van der Waals surface area contributed by atoms with Crippen LogP contribution in [-0.4, -0.2) is 28.4 Å². The number of halogens is 1. The third-order valence-electron chi connectivity index (χ3n) is 6.49. The Morgan fingerprint density at radius 3 is 2.55 bits per heavy atom. The lowest BCUT2D eigenvalue weighted by molar-refractivity contribution is 0.600. The quantitative estimate of drug-likeness (QED) is 0.251. The number of nitrogens with zero attached hydrogens (tertiary/aromatic N) is 3. The summed E-state index contributed by atoms with van der Waals surface area (Å²) in [4.78, 5) is 29.9.